The highest BCUT2D eigenvalue weighted by Gasteiger charge is 2.40. The van der Waals surface area contributed by atoms with Gasteiger partial charge in [0.15, 0.2) is 0 Å². The Morgan fingerprint density at radius 3 is 2.70 bits per heavy atom. The van der Waals surface area contributed by atoms with Crippen molar-refractivity contribution < 1.29 is 4.79 Å². The summed E-state index contributed by atoms with van der Waals surface area (Å²) in [6.07, 6.45) is 2.97. The highest BCUT2D eigenvalue weighted by atomic mass is 16.2. The summed E-state index contributed by atoms with van der Waals surface area (Å²) in [6, 6.07) is 6.27. The van der Waals surface area contributed by atoms with Crippen molar-refractivity contribution in [3.05, 3.63) is 29.3 Å². The largest absolute Gasteiger partial charge is 0.316 e. The molecule has 0 bridgehead atoms. The number of anilines is 1. The minimum absolute atomic E-state index is 0.232. The van der Waals surface area contributed by atoms with Gasteiger partial charge in [-0.3, -0.25) is 4.79 Å². The van der Waals surface area contributed by atoms with E-state index in [4.69, 9.17) is 0 Å². The molecule has 1 aliphatic rings. The first kappa shape index (κ1) is 15.0. The lowest BCUT2D eigenvalue weighted by atomic mass is 9.77. The molecule has 0 radical (unpaired) electrons. The molecule has 1 saturated heterocycles. The lowest BCUT2D eigenvalue weighted by molar-refractivity contribution is -0.129. The first-order valence-electron chi connectivity index (χ1n) is 7.56. The summed E-state index contributed by atoms with van der Waals surface area (Å²) in [5, 5.41) is 3.39. The molecule has 1 N–H and O–H groups in total. The van der Waals surface area contributed by atoms with Gasteiger partial charge in [0, 0.05) is 19.3 Å². The van der Waals surface area contributed by atoms with Crippen molar-refractivity contribution in [3.63, 3.8) is 0 Å². The number of benzene rings is 1. The lowest BCUT2D eigenvalue weighted by Gasteiger charge is -2.38. The van der Waals surface area contributed by atoms with Crippen LogP contribution < -0.4 is 10.2 Å². The molecule has 0 aliphatic carbocycles. The summed E-state index contributed by atoms with van der Waals surface area (Å²) >= 11 is 0. The molecule has 3 nitrogen and oxygen atoms in total. The SMILES string of the molecule is CCC1(C(=O)N(C)c2ccc(C)cc2C)CCCNC1. The average Bonchev–Trinajstić information content (AvgIpc) is 2.46. The van der Waals surface area contributed by atoms with Crippen molar-refractivity contribution in [2.75, 3.05) is 25.0 Å². The molecule has 1 fully saturated rings. The van der Waals surface area contributed by atoms with Crippen molar-refractivity contribution in [3.8, 4) is 0 Å². The Morgan fingerprint density at radius 1 is 1.40 bits per heavy atom. The van der Waals surface area contributed by atoms with E-state index in [1.165, 1.54) is 5.56 Å². The minimum Gasteiger partial charge on any atom is -0.316 e. The Labute approximate surface area is 122 Å². The number of hydrogen-bond acceptors (Lipinski definition) is 2. The highest BCUT2D eigenvalue weighted by Crippen LogP contribution is 2.34. The zero-order chi connectivity index (χ0) is 14.8. The van der Waals surface area contributed by atoms with Crippen LogP contribution in [-0.2, 0) is 4.79 Å². The smallest absolute Gasteiger partial charge is 0.234 e. The fourth-order valence-electron chi connectivity index (χ4n) is 3.25. The number of carbonyl (C=O) groups excluding carboxylic acids is 1. The van der Waals surface area contributed by atoms with Crippen molar-refractivity contribution in [2.24, 2.45) is 5.41 Å². The summed E-state index contributed by atoms with van der Waals surface area (Å²) in [5.74, 6) is 0.249. The second kappa shape index (κ2) is 5.96. The Bertz CT molecular complexity index is 490. The summed E-state index contributed by atoms with van der Waals surface area (Å²) in [6.45, 7) is 8.11. The number of hydrogen-bond donors (Lipinski definition) is 1. The molecule has 1 aromatic carbocycles. The zero-order valence-corrected chi connectivity index (χ0v) is 13.1. The highest BCUT2D eigenvalue weighted by molar-refractivity contribution is 5.98. The first-order valence-corrected chi connectivity index (χ1v) is 7.56. The number of rotatable bonds is 3. The van der Waals surface area contributed by atoms with Gasteiger partial charge in [0.05, 0.1) is 5.41 Å². The molecule has 1 unspecified atom stereocenters. The third-order valence-corrected chi connectivity index (χ3v) is 4.62. The Kier molecular flexibility index (Phi) is 4.48. The first-order chi connectivity index (χ1) is 9.50. The second-order valence-corrected chi connectivity index (χ2v) is 6.07. The predicted octanol–water partition coefficient (Wildman–Crippen LogP) is 3.05. The van der Waals surface area contributed by atoms with E-state index in [-0.39, 0.29) is 11.3 Å². The molecule has 1 aliphatic heterocycles. The Morgan fingerprint density at radius 2 is 2.15 bits per heavy atom. The fourth-order valence-corrected chi connectivity index (χ4v) is 3.25. The fraction of sp³-hybridized carbons (Fsp3) is 0.588. The second-order valence-electron chi connectivity index (χ2n) is 6.07. The maximum absolute atomic E-state index is 13.0. The monoisotopic (exact) mass is 274 g/mol. The number of carbonyl (C=O) groups is 1. The Balaban J connectivity index is 2.27. The summed E-state index contributed by atoms with van der Waals surface area (Å²) in [7, 11) is 1.91. The number of nitrogens with zero attached hydrogens (tertiary/aromatic N) is 1. The number of amides is 1. The molecule has 20 heavy (non-hydrogen) atoms. The predicted molar refractivity (Wildman–Crippen MR) is 84.2 cm³/mol. The van der Waals surface area contributed by atoms with Gasteiger partial charge in [-0.1, -0.05) is 24.6 Å². The summed E-state index contributed by atoms with van der Waals surface area (Å²) in [4.78, 5) is 14.8. The van der Waals surface area contributed by atoms with E-state index in [1.54, 1.807) is 0 Å². The van der Waals surface area contributed by atoms with Crippen LogP contribution >= 0.6 is 0 Å². The van der Waals surface area contributed by atoms with E-state index in [0.29, 0.717) is 0 Å². The summed E-state index contributed by atoms with van der Waals surface area (Å²) < 4.78 is 0. The van der Waals surface area contributed by atoms with Crippen LogP contribution in [-0.4, -0.2) is 26.0 Å². The van der Waals surface area contributed by atoms with Crippen LogP contribution in [0, 0.1) is 19.3 Å². The normalized spacial score (nSPS) is 22.6. The van der Waals surface area contributed by atoms with Crippen molar-refractivity contribution >= 4 is 11.6 Å². The van der Waals surface area contributed by atoms with Crippen molar-refractivity contribution in [1.29, 1.82) is 0 Å². The Hall–Kier alpha value is -1.35. The van der Waals surface area contributed by atoms with Gasteiger partial charge in [-0.15, -0.1) is 0 Å². The standard InChI is InChI=1S/C17H26N2O/c1-5-17(9-6-10-18-12-17)16(20)19(4)15-8-7-13(2)11-14(15)3/h7-8,11,18H,5-6,9-10,12H2,1-4H3. The molecule has 0 saturated carbocycles. The van der Waals surface area contributed by atoms with E-state index in [0.717, 1.165) is 43.6 Å². The van der Waals surface area contributed by atoms with Gasteiger partial charge in [0.1, 0.15) is 0 Å². The maximum atomic E-state index is 13.0. The third-order valence-electron chi connectivity index (χ3n) is 4.62. The molecule has 1 amide bonds. The van der Waals surface area contributed by atoms with Crippen LogP contribution in [0.3, 0.4) is 0 Å². The van der Waals surface area contributed by atoms with Gasteiger partial charge in [0.25, 0.3) is 0 Å². The zero-order valence-electron chi connectivity index (χ0n) is 13.1. The average molecular weight is 274 g/mol. The van der Waals surface area contributed by atoms with E-state index in [2.05, 4.69) is 44.3 Å². The van der Waals surface area contributed by atoms with Crippen LogP contribution in [0.25, 0.3) is 0 Å². The van der Waals surface area contributed by atoms with E-state index in [1.807, 2.05) is 11.9 Å². The molecule has 2 rings (SSSR count). The van der Waals surface area contributed by atoms with Crippen LogP contribution in [0.2, 0.25) is 0 Å². The molecule has 0 aromatic heterocycles. The minimum atomic E-state index is -0.232. The molecule has 110 valence electrons. The van der Waals surface area contributed by atoms with Gasteiger partial charge in [0.2, 0.25) is 5.91 Å². The van der Waals surface area contributed by atoms with Crippen LogP contribution in [0.15, 0.2) is 18.2 Å². The lowest BCUT2D eigenvalue weighted by Crippen LogP contribution is -2.51. The number of aryl methyl sites for hydroxylation is 2. The molecule has 1 atom stereocenters. The van der Waals surface area contributed by atoms with E-state index in [9.17, 15) is 4.79 Å². The quantitative estimate of drug-likeness (QED) is 0.919. The van der Waals surface area contributed by atoms with E-state index < -0.39 is 0 Å². The topological polar surface area (TPSA) is 32.3 Å². The number of piperidine rings is 1. The van der Waals surface area contributed by atoms with Crippen molar-refractivity contribution in [1.82, 2.24) is 5.32 Å². The third kappa shape index (κ3) is 2.73. The van der Waals surface area contributed by atoms with Gasteiger partial charge in [-0.25, -0.2) is 0 Å². The van der Waals surface area contributed by atoms with Gasteiger partial charge < -0.3 is 10.2 Å². The molecule has 1 aromatic rings. The summed E-state index contributed by atoms with van der Waals surface area (Å²) in [5.41, 5.74) is 3.19. The van der Waals surface area contributed by atoms with Crippen LogP contribution in [0.4, 0.5) is 5.69 Å². The van der Waals surface area contributed by atoms with Crippen LogP contribution in [0.5, 0.6) is 0 Å². The number of nitrogens with one attached hydrogen (secondary N) is 1. The molecular formula is C17H26N2O. The molecule has 0 spiro atoms. The molecule has 3 heteroatoms. The van der Waals surface area contributed by atoms with Gasteiger partial charge in [-0.2, -0.15) is 0 Å². The van der Waals surface area contributed by atoms with Gasteiger partial charge >= 0.3 is 0 Å². The van der Waals surface area contributed by atoms with Crippen LogP contribution in [0.1, 0.15) is 37.3 Å². The van der Waals surface area contributed by atoms with Gasteiger partial charge in [-0.05, 0) is 51.3 Å². The maximum Gasteiger partial charge on any atom is 0.234 e. The van der Waals surface area contributed by atoms with Crippen molar-refractivity contribution in [2.45, 2.75) is 40.0 Å². The molecule has 1 heterocycles. The van der Waals surface area contributed by atoms with E-state index >= 15 is 0 Å². The molecular weight excluding hydrogens is 248 g/mol.